The Balaban J connectivity index is 2.28. The summed E-state index contributed by atoms with van der Waals surface area (Å²) in [4.78, 5) is 11.8. The maximum absolute atomic E-state index is 12.6. The first-order valence-electron chi connectivity index (χ1n) is 6.63. The van der Waals surface area contributed by atoms with Crippen molar-refractivity contribution in [2.75, 3.05) is 19.8 Å². The average Bonchev–Trinajstić information content (AvgIpc) is 2.86. The van der Waals surface area contributed by atoms with Gasteiger partial charge in [-0.25, -0.2) is 13.2 Å². The van der Waals surface area contributed by atoms with Gasteiger partial charge in [-0.2, -0.15) is 4.31 Å². The molecule has 118 valence electrons. The predicted molar refractivity (Wildman–Crippen MR) is 80.7 cm³/mol. The highest BCUT2D eigenvalue weighted by Crippen LogP contribution is 2.26. The van der Waals surface area contributed by atoms with Gasteiger partial charge in [-0.05, 0) is 25.1 Å². The topological polar surface area (TPSA) is 72.9 Å². The van der Waals surface area contributed by atoms with Gasteiger partial charge in [0.25, 0.3) is 10.0 Å². The minimum atomic E-state index is -3.98. The SMILES string of the molecule is C=CCOC/C=C1\COC(=O)N1S(=O)(=O)c1ccc(C)cc1. The predicted octanol–water partition coefficient (Wildman–Crippen LogP) is 2.22. The van der Waals surface area contributed by atoms with Crippen LogP contribution in [0.1, 0.15) is 5.56 Å². The first-order valence-corrected chi connectivity index (χ1v) is 8.07. The smallest absolute Gasteiger partial charge is 0.428 e. The number of rotatable bonds is 6. The maximum Gasteiger partial charge on any atom is 0.428 e. The summed E-state index contributed by atoms with van der Waals surface area (Å²) in [5, 5.41) is 0. The van der Waals surface area contributed by atoms with Crippen LogP contribution in [0.3, 0.4) is 0 Å². The number of hydrogen-bond donors (Lipinski definition) is 0. The lowest BCUT2D eigenvalue weighted by molar-refractivity contribution is 0.170. The standard InChI is InChI=1S/C15H17NO5S/c1-3-9-20-10-8-13-11-21-15(17)16(13)22(18,19)14-6-4-12(2)5-7-14/h3-8H,1,9-11H2,2H3/b13-8+. The Bertz CT molecular complexity index is 691. The number of hydrogen-bond acceptors (Lipinski definition) is 5. The van der Waals surface area contributed by atoms with Gasteiger partial charge in [-0.3, -0.25) is 0 Å². The Morgan fingerprint density at radius 2 is 2.00 bits per heavy atom. The van der Waals surface area contributed by atoms with E-state index in [1.165, 1.54) is 18.2 Å². The average molecular weight is 323 g/mol. The Hall–Kier alpha value is -2.12. The van der Waals surface area contributed by atoms with Crippen LogP contribution in [0.2, 0.25) is 0 Å². The van der Waals surface area contributed by atoms with Crippen molar-refractivity contribution in [3.05, 3.63) is 54.3 Å². The molecule has 22 heavy (non-hydrogen) atoms. The molecule has 0 spiro atoms. The van der Waals surface area contributed by atoms with E-state index in [0.29, 0.717) is 10.9 Å². The molecule has 0 unspecified atom stereocenters. The van der Waals surface area contributed by atoms with Gasteiger partial charge in [0.2, 0.25) is 0 Å². The first-order chi connectivity index (χ1) is 10.5. The van der Waals surface area contributed by atoms with Crippen LogP contribution < -0.4 is 0 Å². The Morgan fingerprint density at radius 3 is 2.64 bits per heavy atom. The normalized spacial score (nSPS) is 16.9. The molecule has 1 aliphatic rings. The molecule has 0 bridgehead atoms. The lowest BCUT2D eigenvalue weighted by atomic mass is 10.2. The molecule has 2 rings (SSSR count). The molecular weight excluding hydrogens is 306 g/mol. The van der Waals surface area contributed by atoms with Crippen LogP contribution in [-0.4, -0.2) is 38.6 Å². The summed E-state index contributed by atoms with van der Waals surface area (Å²) in [6.07, 6.45) is 2.19. The summed E-state index contributed by atoms with van der Waals surface area (Å²) in [6, 6.07) is 6.26. The third-order valence-corrected chi connectivity index (χ3v) is 4.73. The van der Waals surface area contributed by atoms with Gasteiger partial charge in [0.05, 0.1) is 23.8 Å². The van der Waals surface area contributed by atoms with E-state index in [-0.39, 0.29) is 23.8 Å². The van der Waals surface area contributed by atoms with Gasteiger partial charge < -0.3 is 9.47 Å². The van der Waals surface area contributed by atoms with Crippen molar-refractivity contribution in [1.82, 2.24) is 4.31 Å². The fourth-order valence-electron chi connectivity index (χ4n) is 1.89. The summed E-state index contributed by atoms with van der Waals surface area (Å²) in [5.41, 5.74) is 1.17. The van der Waals surface area contributed by atoms with Gasteiger partial charge in [0, 0.05) is 0 Å². The number of aryl methyl sites for hydroxylation is 1. The van der Waals surface area contributed by atoms with Crippen molar-refractivity contribution < 1.29 is 22.7 Å². The zero-order valence-corrected chi connectivity index (χ0v) is 13.0. The third kappa shape index (κ3) is 3.37. The summed E-state index contributed by atoms with van der Waals surface area (Å²) in [6.45, 7) is 5.77. The molecular formula is C15H17NO5S. The van der Waals surface area contributed by atoms with Crippen LogP contribution in [0.15, 0.2) is 53.6 Å². The molecule has 0 N–H and O–H groups in total. The lowest BCUT2D eigenvalue weighted by Gasteiger charge is -2.15. The first kappa shape index (κ1) is 16.3. The second kappa shape index (κ2) is 6.76. The Labute approximate surface area is 129 Å². The summed E-state index contributed by atoms with van der Waals surface area (Å²) in [5.74, 6) is 0. The minimum Gasteiger partial charge on any atom is -0.442 e. The van der Waals surface area contributed by atoms with E-state index in [1.807, 2.05) is 6.92 Å². The fourth-order valence-corrected chi connectivity index (χ4v) is 3.26. The molecule has 1 amide bonds. The number of cyclic esters (lactones) is 1. The molecule has 0 aliphatic carbocycles. The van der Waals surface area contributed by atoms with E-state index in [4.69, 9.17) is 9.47 Å². The van der Waals surface area contributed by atoms with Gasteiger partial charge >= 0.3 is 6.09 Å². The van der Waals surface area contributed by atoms with E-state index in [1.54, 1.807) is 18.2 Å². The van der Waals surface area contributed by atoms with Gasteiger partial charge in [-0.15, -0.1) is 6.58 Å². The molecule has 1 heterocycles. The van der Waals surface area contributed by atoms with Crippen molar-refractivity contribution in [3.8, 4) is 0 Å². The zero-order chi connectivity index (χ0) is 16.2. The highest BCUT2D eigenvalue weighted by Gasteiger charge is 2.38. The summed E-state index contributed by atoms with van der Waals surface area (Å²) >= 11 is 0. The second-order valence-corrected chi connectivity index (χ2v) is 6.45. The van der Waals surface area contributed by atoms with Crippen molar-refractivity contribution in [2.45, 2.75) is 11.8 Å². The molecule has 0 atom stereocenters. The molecule has 1 saturated heterocycles. The number of sulfonamides is 1. The number of carbonyl (C=O) groups excluding carboxylic acids is 1. The molecule has 0 saturated carbocycles. The van der Waals surface area contributed by atoms with Crippen molar-refractivity contribution in [1.29, 1.82) is 0 Å². The van der Waals surface area contributed by atoms with Crippen molar-refractivity contribution in [2.24, 2.45) is 0 Å². The summed E-state index contributed by atoms with van der Waals surface area (Å²) in [7, 11) is -3.98. The Morgan fingerprint density at radius 1 is 1.32 bits per heavy atom. The molecule has 1 aliphatic heterocycles. The maximum atomic E-state index is 12.6. The number of carbonyl (C=O) groups is 1. The van der Waals surface area contributed by atoms with Crippen molar-refractivity contribution in [3.63, 3.8) is 0 Å². The van der Waals surface area contributed by atoms with Crippen LogP contribution in [0.5, 0.6) is 0 Å². The molecule has 6 nitrogen and oxygen atoms in total. The summed E-state index contributed by atoms with van der Waals surface area (Å²) < 4.78 is 35.9. The van der Waals surface area contributed by atoms with E-state index in [9.17, 15) is 13.2 Å². The molecule has 1 aromatic carbocycles. The number of ether oxygens (including phenoxy) is 2. The van der Waals surface area contributed by atoms with Gasteiger partial charge in [0.1, 0.15) is 6.61 Å². The number of amides is 1. The number of benzene rings is 1. The van der Waals surface area contributed by atoms with Crippen LogP contribution in [0.25, 0.3) is 0 Å². The third-order valence-electron chi connectivity index (χ3n) is 3.00. The quantitative estimate of drug-likeness (QED) is 0.593. The van der Waals surface area contributed by atoms with Crippen LogP contribution in [0, 0.1) is 6.92 Å². The molecule has 0 radical (unpaired) electrons. The van der Waals surface area contributed by atoms with Crippen molar-refractivity contribution >= 4 is 16.1 Å². The van der Waals surface area contributed by atoms with E-state index < -0.39 is 16.1 Å². The van der Waals surface area contributed by atoms with Gasteiger partial charge in [-0.1, -0.05) is 23.8 Å². The lowest BCUT2D eigenvalue weighted by Crippen LogP contribution is -2.30. The Kier molecular flexibility index (Phi) is 4.99. The molecule has 1 fully saturated rings. The minimum absolute atomic E-state index is 0.0369. The van der Waals surface area contributed by atoms with Crippen LogP contribution in [-0.2, 0) is 19.5 Å². The zero-order valence-electron chi connectivity index (χ0n) is 12.2. The van der Waals surface area contributed by atoms with E-state index >= 15 is 0 Å². The van der Waals surface area contributed by atoms with E-state index in [0.717, 1.165) is 5.56 Å². The van der Waals surface area contributed by atoms with Gasteiger partial charge in [0.15, 0.2) is 0 Å². The molecule has 7 heteroatoms. The number of nitrogens with zero attached hydrogens (tertiary/aromatic N) is 1. The fraction of sp³-hybridized carbons (Fsp3) is 0.267. The molecule has 1 aromatic rings. The monoisotopic (exact) mass is 323 g/mol. The van der Waals surface area contributed by atoms with E-state index in [2.05, 4.69) is 6.58 Å². The highest BCUT2D eigenvalue weighted by atomic mass is 32.2. The second-order valence-electron chi connectivity index (χ2n) is 4.66. The highest BCUT2D eigenvalue weighted by molar-refractivity contribution is 7.89. The molecule has 0 aromatic heterocycles. The van der Waals surface area contributed by atoms with Crippen LogP contribution in [0.4, 0.5) is 4.79 Å². The van der Waals surface area contributed by atoms with Crippen LogP contribution >= 0.6 is 0 Å². The largest absolute Gasteiger partial charge is 0.442 e.